The molecule has 0 heterocycles. The highest BCUT2D eigenvalue weighted by molar-refractivity contribution is 9.10. The standard InChI is InChI=1S/C36H38BrCl2N3O5S/c1-24-11-14-27(15-12-24)42(48(45,46)28-16-18-33(47-5)29(37)21-28)23-34(43)41(22-26-13-17-30(38)31(39)19-26)32(35(44)40-36(2,3)4)20-25-9-7-6-8-10-25/h6-19,21,32H,20,22-23H2,1-5H3,(H,40,44). The van der Waals surface area contributed by atoms with Crippen molar-refractivity contribution in [2.24, 2.45) is 0 Å². The molecule has 0 saturated heterocycles. The van der Waals surface area contributed by atoms with Crippen LogP contribution in [-0.2, 0) is 32.6 Å². The van der Waals surface area contributed by atoms with Gasteiger partial charge >= 0.3 is 0 Å². The van der Waals surface area contributed by atoms with E-state index >= 15 is 0 Å². The normalized spacial score (nSPS) is 12.2. The first-order valence-electron chi connectivity index (χ1n) is 15.1. The minimum absolute atomic E-state index is 0.0410. The topological polar surface area (TPSA) is 96.0 Å². The van der Waals surface area contributed by atoms with Crippen molar-refractivity contribution < 1.29 is 22.7 Å². The number of nitrogens with one attached hydrogen (secondary N) is 1. The molecule has 0 aromatic heterocycles. The summed E-state index contributed by atoms with van der Waals surface area (Å²) in [6.45, 7) is 6.82. The molecule has 0 aliphatic heterocycles. The number of anilines is 1. The average molecular weight is 776 g/mol. The molecule has 8 nitrogen and oxygen atoms in total. The van der Waals surface area contributed by atoms with Crippen molar-refractivity contribution in [1.29, 1.82) is 0 Å². The van der Waals surface area contributed by atoms with Gasteiger partial charge in [-0.1, -0.05) is 77.3 Å². The van der Waals surface area contributed by atoms with Gasteiger partial charge in [0, 0.05) is 18.5 Å². The molecule has 0 spiro atoms. The van der Waals surface area contributed by atoms with E-state index in [1.54, 1.807) is 42.5 Å². The fourth-order valence-corrected chi connectivity index (χ4v) is 7.47. The molecule has 4 rings (SSSR count). The number of halogens is 3. The smallest absolute Gasteiger partial charge is 0.264 e. The van der Waals surface area contributed by atoms with Crippen molar-refractivity contribution in [2.45, 2.75) is 57.1 Å². The van der Waals surface area contributed by atoms with Crippen LogP contribution in [0.2, 0.25) is 10.0 Å². The molecule has 0 aliphatic carbocycles. The maximum absolute atomic E-state index is 14.6. The van der Waals surface area contributed by atoms with E-state index in [-0.39, 0.29) is 34.5 Å². The minimum atomic E-state index is -4.30. The SMILES string of the molecule is COc1ccc(S(=O)(=O)N(CC(=O)N(Cc2ccc(Cl)c(Cl)c2)C(Cc2ccccc2)C(=O)NC(C)(C)C)c2ccc(C)cc2)cc1Br. The van der Waals surface area contributed by atoms with Gasteiger partial charge in [-0.05, 0) is 97.2 Å². The second-order valence-corrected chi connectivity index (χ2v) is 15.9. The lowest BCUT2D eigenvalue weighted by Crippen LogP contribution is -2.56. The number of rotatable bonds is 12. The molecule has 0 aliphatic rings. The Kier molecular flexibility index (Phi) is 12.2. The van der Waals surface area contributed by atoms with Gasteiger partial charge in [0.25, 0.3) is 10.0 Å². The van der Waals surface area contributed by atoms with E-state index in [2.05, 4.69) is 21.2 Å². The van der Waals surface area contributed by atoms with E-state index in [1.165, 1.54) is 30.2 Å². The third-order valence-corrected chi connectivity index (χ3v) is 10.5. The number of benzene rings is 4. The molecular weight excluding hydrogens is 737 g/mol. The Bertz CT molecular complexity index is 1870. The quantitative estimate of drug-likeness (QED) is 0.158. The summed E-state index contributed by atoms with van der Waals surface area (Å²) in [5.41, 5.74) is 2.03. The third-order valence-electron chi connectivity index (χ3n) is 7.42. The van der Waals surface area contributed by atoms with Crippen LogP contribution in [0.4, 0.5) is 5.69 Å². The zero-order valence-corrected chi connectivity index (χ0v) is 31.3. The number of ether oxygens (including phenoxy) is 1. The molecule has 0 radical (unpaired) electrons. The van der Waals surface area contributed by atoms with Gasteiger partial charge in [0.2, 0.25) is 11.8 Å². The fourth-order valence-electron chi connectivity index (χ4n) is 5.02. The molecule has 2 amide bonds. The number of amides is 2. The summed E-state index contributed by atoms with van der Waals surface area (Å²) in [5.74, 6) is -0.528. The van der Waals surface area contributed by atoms with E-state index in [1.807, 2.05) is 58.0 Å². The highest BCUT2D eigenvalue weighted by Gasteiger charge is 2.36. The van der Waals surface area contributed by atoms with E-state index in [0.29, 0.717) is 20.8 Å². The molecule has 4 aromatic rings. The van der Waals surface area contributed by atoms with Crippen molar-refractivity contribution >= 4 is 66.7 Å². The number of carbonyl (C=O) groups excluding carboxylic acids is 2. The van der Waals surface area contributed by atoms with Crippen molar-refractivity contribution in [2.75, 3.05) is 18.0 Å². The summed E-state index contributed by atoms with van der Waals surface area (Å²) in [6.07, 6.45) is 0.179. The van der Waals surface area contributed by atoms with Crippen molar-refractivity contribution in [3.05, 3.63) is 122 Å². The first kappa shape index (κ1) is 37.3. The predicted molar refractivity (Wildman–Crippen MR) is 195 cm³/mol. The Hall–Kier alpha value is -3.57. The van der Waals surface area contributed by atoms with Gasteiger partial charge in [0.05, 0.1) is 32.2 Å². The van der Waals surface area contributed by atoms with Crippen LogP contribution in [0.25, 0.3) is 0 Å². The molecule has 254 valence electrons. The van der Waals surface area contributed by atoms with Gasteiger partial charge in [0.15, 0.2) is 0 Å². The fraction of sp³-hybridized carbons (Fsp3) is 0.278. The molecule has 4 aromatic carbocycles. The summed E-state index contributed by atoms with van der Waals surface area (Å²) in [4.78, 5) is 30.0. The maximum Gasteiger partial charge on any atom is 0.264 e. The lowest BCUT2D eigenvalue weighted by Gasteiger charge is -2.35. The number of hydrogen-bond donors (Lipinski definition) is 1. The van der Waals surface area contributed by atoms with Crippen LogP contribution in [0.15, 0.2) is 100 Å². The number of nitrogens with zero attached hydrogens (tertiary/aromatic N) is 2. The lowest BCUT2D eigenvalue weighted by atomic mass is 10.0. The van der Waals surface area contributed by atoms with Gasteiger partial charge in [-0.15, -0.1) is 0 Å². The zero-order chi connectivity index (χ0) is 35.2. The van der Waals surface area contributed by atoms with Crippen LogP contribution in [0, 0.1) is 6.92 Å². The maximum atomic E-state index is 14.6. The average Bonchev–Trinajstić information content (AvgIpc) is 3.03. The monoisotopic (exact) mass is 773 g/mol. The van der Waals surface area contributed by atoms with Gasteiger partial charge in [0.1, 0.15) is 18.3 Å². The molecule has 1 atom stereocenters. The van der Waals surface area contributed by atoms with E-state index in [9.17, 15) is 18.0 Å². The van der Waals surface area contributed by atoms with Crippen LogP contribution in [0.1, 0.15) is 37.5 Å². The van der Waals surface area contributed by atoms with E-state index in [0.717, 1.165) is 15.4 Å². The highest BCUT2D eigenvalue weighted by Crippen LogP contribution is 2.31. The highest BCUT2D eigenvalue weighted by atomic mass is 79.9. The number of hydrogen-bond acceptors (Lipinski definition) is 5. The Balaban J connectivity index is 1.84. The molecule has 0 saturated carbocycles. The van der Waals surface area contributed by atoms with Crippen LogP contribution in [0.3, 0.4) is 0 Å². The Morgan fingerprint density at radius 1 is 0.896 bits per heavy atom. The van der Waals surface area contributed by atoms with Gasteiger partial charge in [-0.2, -0.15) is 0 Å². The summed E-state index contributed by atoms with van der Waals surface area (Å²) in [7, 11) is -2.82. The molecule has 48 heavy (non-hydrogen) atoms. The predicted octanol–water partition coefficient (Wildman–Crippen LogP) is 7.82. The number of sulfonamides is 1. The van der Waals surface area contributed by atoms with Gasteiger partial charge in [-0.3, -0.25) is 13.9 Å². The summed E-state index contributed by atoms with van der Waals surface area (Å²) in [5, 5.41) is 3.64. The van der Waals surface area contributed by atoms with E-state index in [4.69, 9.17) is 27.9 Å². The van der Waals surface area contributed by atoms with Crippen molar-refractivity contribution in [1.82, 2.24) is 10.2 Å². The molecule has 0 fully saturated rings. The number of methoxy groups -OCH3 is 1. The van der Waals surface area contributed by atoms with Crippen molar-refractivity contribution in [3.63, 3.8) is 0 Å². The van der Waals surface area contributed by atoms with E-state index < -0.39 is 34.1 Å². The second kappa shape index (κ2) is 15.8. The number of carbonyl (C=O) groups is 2. The lowest BCUT2D eigenvalue weighted by molar-refractivity contribution is -0.140. The Morgan fingerprint density at radius 3 is 2.15 bits per heavy atom. The molecule has 12 heteroatoms. The molecule has 1 unspecified atom stereocenters. The largest absolute Gasteiger partial charge is 0.496 e. The van der Waals surface area contributed by atoms with Gasteiger partial charge < -0.3 is 15.0 Å². The van der Waals surface area contributed by atoms with Crippen LogP contribution in [-0.4, -0.2) is 50.4 Å². The first-order valence-corrected chi connectivity index (χ1v) is 18.1. The first-order chi connectivity index (χ1) is 22.6. The second-order valence-electron chi connectivity index (χ2n) is 12.4. The van der Waals surface area contributed by atoms with Crippen molar-refractivity contribution in [3.8, 4) is 5.75 Å². The third kappa shape index (κ3) is 9.53. The van der Waals surface area contributed by atoms with Crippen LogP contribution in [0.5, 0.6) is 5.75 Å². The Labute approximate surface area is 301 Å². The zero-order valence-electron chi connectivity index (χ0n) is 27.3. The summed E-state index contributed by atoms with van der Waals surface area (Å²) in [6, 6.07) is 24.5. The van der Waals surface area contributed by atoms with Crippen LogP contribution < -0.4 is 14.4 Å². The molecule has 0 bridgehead atoms. The van der Waals surface area contributed by atoms with Gasteiger partial charge in [-0.25, -0.2) is 8.42 Å². The minimum Gasteiger partial charge on any atom is -0.496 e. The summed E-state index contributed by atoms with van der Waals surface area (Å²) >= 11 is 15.9. The molecule has 1 N–H and O–H groups in total. The summed E-state index contributed by atoms with van der Waals surface area (Å²) < 4.78 is 35.5. The Morgan fingerprint density at radius 2 is 1.56 bits per heavy atom. The number of aryl methyl sites for hydroxylation is 1. The van der Waals surface area contributed by atoms with Crippen LogP contribution >= 0.6 is 39.1 Å². The molecular formula is C36H38BrCl2N3O5S.